The van der Waals surface area contributed by atoms with Gasteiger partial charge < -0.3 is 18.9 Å². The van der Waals surface area contributed by atoms with E-state index in [-0.39, 0.29) is 47.4 Å². The van der Waals surface area contributed by atoms with Crippen LogP contribution in [-0.2, 0) is 49.5 Å². The van der Waals surface area contributed by atoms with Crippen molar-refractivity contribution in [2.75, 3.05) is 26.4 Å². The van der Waals surface area contributed by atoms with Crippen molar-refractivity contribution in [1.29, 1.82) is 0 Å². The second-order valence-electron chi connectivity index (χ2n) is 14.4. The fraction of sp³-hybridized carbons (Fsp3) is 0.362. The first-order chi connectivity index (χ1) is 27.2. The van der Waals surface area contributed by atoms with Crippen LogP contribution >= 0.6 is 0 Å². The second kappa shape index (κ2) is 21.5. The number of carbonyl (C=O) groups excluding carboxylic acids is 2. The lowest BCUT2D eigenvalue weighted by Gasteiger charge is -2.27. The summed E-state index contributed by atoms with van der Waals surface area (Å²) in [7, 11) is 0. The molecular weight excluding hydrogens is 737 g/mol. The predicted octanol–water partition coefficient (Wildman–Crippen LogP) is 11.2. The minimum Gasteiger partial charge on any atom is -0.429 e. The maximum atomic E-state index is 15.1. The van der Waals surface area contributed by atoms with Gasteiger partial charge in [-0.25, -0.2) is 0 Å². The van der Waals surface area contributed by atoms with E-state index in [9.17, 15) is 9.59 Å². The highest BCUT2D eigenvalue weighted by molar-refractivity contribution is 5.90. The van der Waals surface area contributed by atoms with Gasteiger partial charge in [-0.2, -0.15) is 17.6 Å². The van der Waals surface area contributed by atoms with Gasteiger partial charge in [-0.05, 0) is 121 Å². The zero-order valence-corrected chi connectivity index (χ0v) is 32.8. The summed E-state index contributed by atoms with van der Waals surface area (Å²) in [4.78, 5) is 22.3. The Labute approximate surface area is 333 Å². The number of alkyl halides is 4. The summed E-state index contributed by atoms with van der Waals surface area (Å²) < 4.78 is 81.4. The lowest BCUT2D eigenvalue weighted by atomic mass is 9.78. The molecule has 0 aromatic heterocycles. The van der Waals surface area contributed by atoms with Gasteiger partial charge in [0, 0.05) is 18.6 Å². The number of hydrogen-bond acceptors (Lipinski definition) is 6. The Balaban J connectivity index is 1.24. The lowest BCUT2D eigenvalue weighted by molar-refractivity contribution is -0.186. The first-order valence-corrected chi connectivity index (χ1v) is 19.2. The summed E-state index contributed by atoms with van der Waals surface area (Å²) in [5.41, 5.74) is 2.38. The molecule has 0 amide bonds. The van der Waals surface area contributed by atoms with Crippen molar-refractivity contribution in [3.8, 4) is 11.5 Å². The van der Waals surface area contributed by atoms with Gasteiger partial charge in [0.2, 0.25) is 0 Å². The minimum absolute atomic E-state index is 0.0000830. The highest BCUT2D eigenvalue weighted by Crippen LogP contribution is 2.37. The predicted molar refractivity (Wildman–Crippen MR) is 214 cm³/mol. The Hall–Kier alpha value is -5.06. The number of aryl methyl sites for hydroxylation is 2. The molecule has 4 aromatic rings. The SMILES string of the molecule is C=CC(=O)COCCCCCc1ccc(C(F)(F)Oc2ccc(C(C)(C)c3ccc(OC(F)(F)c4ccc(CCCCCOCC(=O)C=C)cc4)cc3)cc2)cc1. The Morgan fingerprint density at radius 3 is 1.18 bits per heavy atom. The molecule has 0 radical (unpaired) electrons. The van der Waals surface area contributed by atoms with Crippen LogP contribution in [0.2, 0.25) is 0 Å². The molecule has 0 heterocycles. The van der Waals surface area contributed by atoms with Crippen molar-refractivity contribution >= 4 is 11.6 Å². The van der Waals surface area contributed by atoms with Gasteiger partial charge in [-0.3, -0.25) is 9.59 Å². The number of benzene rings is 4. The molecule has 0 saturated carbocycles. The van der Waals surface area contributed by atoms with Crippen molar-refractivity contribution in [2.45, 2.75) is 82.8 Å². The summed E-state index contributed by atoms with van der Waals surface area (Å²) in [6.45, 7) is 11.7. The van der Waals surface area contributed by atoms with Crippen molar-refractivity contribution < 1.29 is 46.1 Å². The Kier molecular flexibility index (Phi) is 16.8. The fourth-order valence-corrected chi connectivity index (χ4v) is 6.07. The average Bonchev–Trinajstić information content (AvgIpc) is 3.20. The Bertz CT molecular complexity index is 1730. The van der Waals surface area contributed by atoms with Crippen LogP contribution in [-0.4, -0.2) is 38.0 Å². The van der Waals surface area contributed by atoms with E-state index in [0.717, 1.165) is 73.6 Å². The van der Waals surface area contributed by atoms with Gasteiger partial charge in [0.05, 0.1) is 11.1 Å². The van der Waals surface area contributed by atoms with Crippen LogP contribution in [0.4, 0.5) is 17.6 Å². The molecule has 4 aromatic carbocycles. The zero-order chi connectivity index (χ0) is 41.3. The summed E-state index contributed by atoms with van der Waals surface area (Å²) >= 11 is 0. The molecule has 4 rings (SSSR count). The first-order valence-electron chi connectivity index (χ1n) is 19.2. The number of carbonyl (C=O) groups is 2. The molecule has 6 nitrogen and oxygen atoms in total. The maximum absolute atomic E-state index is 15.1. The summed E-state index contributed by atoms with van der Waals surface area (Å²) in [6.07, 6.45) is 1.91. The topological polar surface area (TPSA) is 71.1 Å². The van der Waals surface area contributed by atoms with Gasteiger partial charge in [0.1, 0.15) is 24.7 Å². The molecule has 0 spiro atoms. The Morgan fingerprint density at radius 1 is 0.509 bits per heavy atom. The molecular formula is C47H52F4O6. The molecule has 0 unspecified atom stereocenters. The van der Waals surface area contributed by atoms with Gasteiger partial charge in [0.15, 0.2) is 11.6 Å². The largest absolute Gasteiger partial charge is 0.429 e. The van der Waals surface area contributed by atoms with E-state index in [1.165, 1.54) is 60.7 Å². The second-order valence-corrected chi connectivity index (χ2v) is 14.4. The highest BCUT2D eigenvalue weighted by Gasteiger charge is 2.36. The van der Waals surface area contributed by atoms with Crippen molar-refractivity contribution in [3.63, 3.8) is 0 Å². The number of halogens is 4. The molecule has 0 aliphatic carbocycles. The molecule has 0 fully saturated rings. The quantitative estimate of drug-likeness (QED) is 0.0358. The van der Waals surface area contributed by atoms with Crippen LogP contribution in [0, 0.1) is 0 Å². The van der Waals surface area contributed by atoms with Crippen LogP contribution in [0.3, 0.4) is 0 Å². The lowest BCUT2D eigenvalue weighted by Crippen LogP contribution is -2.23. The smallest absolute Gasteiger partial charge is 0.426 e. The Morgan fingerprint density at radius 2 is 0.842 bits per heavy atom. The molecule has 304 valence electrons. The summed E-state index contributed by atoms with van der Waals surface area (Å²) in [6, 6.07) is 25.0. The van der Waals surface area contributed by atoms with Crippen LogP contribution in [0.1, 0.15) is 85.8 Å². The molecule has 0 aliphatic heterocycles. The third-order valence-corrected chi connectivity index (χ3v) is 9.68. The molecule has 0 bridgehead atoms. The van der Waals surface area contributed by atoms with Crippen LogP contribution in [0.5, 0.6) is 11.5 Å². The van der Waals surface area contributed by atoms with Crippen LogP contribution in [0.15, 0.2) is 122 Å². The van der Waals surface area contributed by atoms with E-state index in [0.29, 0.717) is 13.2 Å². The first kappa shape index (κ1) is 44.7. The molecule has 57 heavy (non-hydrogen) atoms. The fourth-order valence-electron chi connectivity index (χ4n) is 6.07. The number of ketones is 2. The third kappa shape index (κ3) is 14.1. The minimum atomic E-state index is -3.55. The van der Waals surface area contributed by atoms with E-state index in [4.69, 9.17) is 18.9 Å². The van der Waals surface area contributed by atoms with Crippen molar-refractivity contribution in [2.24, 2.45) is 0 Å². The summed E-state index contributed by atoms with van der Waals surface area (Å²) in [5, 5.41) is 0. The standard InChI is InChI=1S/C47H52F4O6/c1-5-41(52)33-54-31-11-7-9-13-35-15-19-39(20-16-35)46(48,49)56-43-27-23-37(24-28-43)45(3,4)38-25-29-44(30-26-38)57-47(50,51)40-21-17-36(18-22-40)14-10-8-12-32-55-34-42(53)6-2/h5-6,15-30H,1-2,7-14,31-34H2,3-4H3. The molecule has 10 heteroatoms. The van der Waals surface area contributed by atoms with E-state index in [2.05, 4.69) is 13.2 Å². The van der Waals surface area contributed by atoms with Gasteiger partial charge in [-0.1, -0.05) is 88.4 Å². The monoisotopic (exact) mass is 788 g/mol. The number of rotatable bonds is 26. The van der Waals surface area contributed by atoms with Gasteiger partial charge >= 0.3 is 12.2 Å². The highest BCUT2D eigenvalue weighted by atomic mass is 19.3. The molecule has 0 atom stereocenters. The maximum Gasteiger partial charge on any atom is 0.426 e. The molecule has 0 saturated heterocycles. The number of ether oxygens (including phenoxy) is 4. The number of unbranched alkanes of at least 4 members (excludes halogenated alkanes) is 4. The van der Waals surface area contributed by atoms with E-state index >= 15 is 17.6 Å². The van der Waals surface area contributed by atoms with Crippen molar-refractivity contribution in [3.05, 3.63) is 156 Å². The summed E-state index contributed by atoms with van der Waals surface area (Å²) in [5.74, 6) is -0.306. The van der Waals surface area contributed by atoms with Crippen LogP contribution < -0.4 is 9.47 Å². The van der Waals surface area contributed by atoms with Gasteiger partial charge in [-0.15, -0.1) is 0 Å². The van der Waals surface area contributed by atoms with Gasteiger partial charge in [0.25, 0.3) is 0 Å². The third-order valence-electron chi connectivity index (χ3n) is 9.68. The van der Waals surface area contributed by atoms with Crippen molar-refractivity contribution in [1.82, 2.24) is 0 Å². The van der Waals surface area contributed by atoms with E-state index in [1.807, 2.05) is 13.8 Å². The number of hydrogen-bond donors (Lipinski definition) is 0. The van der Waals surface area contributed by atoms with Crippen LogP contribution in [0.25, 0.3) is 0 Å². The average molecular weight is 789 g/mol. The molecule has 0 N–H and O–H groups in total. The van der Waals surface area contributed by atoms with E-state index in [1.54, 1.807) is 48.5 Å². The molecule has 0 aliphatic rings. The van der Waals surface area contributed by atoms with E-state index < -0.39 is 17.6 Å². The zero-order valence-electron chi connectivity index (χ0n) is 32.8. The normalized spacial score (nSPS) is 11.9.